The number of hydrogen-bond acceptors (Lipinski definition) is 3. The molecule has 1 saturated carbocycles. The summed E-state index contributed by atoms with van der Waals surface area (Å²) in [4.78, 5) is 15.6. The van der Waals surface area contributed by atoms with E-state index in [-0.39, 0.29) is 0 Å². The molecule has 0 bridgehead atoms. The number of halogens is 1. The molecule has 5 nitrogen and oxygen atoms in total. The number of hydrogen-bond donors (Lipinski definition) is 0. The summed E-state index contributed by atoms with van der Waals surface area (Å²) in [6, 6.07) is 6.04. The Balaban J connectivity index is 1.75. The fourth-order valence-electron chi connectivity index (χ4n) is 4.94. The number of fused-ring (bicyclic) bond motifs is 3. The van der Waals surface area contributed by atoms with Crippen molar-refractivity contribution in [1.29, 1.82) is 0 Å². The Hall–Kier alpha value is -2.52. The van der Waals surface area contributed by atoms with Crippen LogP contribution < -0.4 is 0 Å². The first-order valence-corrected chi connectivity index (χ1v) is 10.1. The molecule has 1 aromatic carbocycles. The van der Waals surface area contributed by atoms with Crippen LogP contribution in [0.5, 0.6) is 0 Å². The first-order valence-electron chi connectivity index (χ1n) is 10.1. The van der Waals surface area contributed by atoms with Gasteiger partial charge in [-0.2, -0.15) is 0 Å². The first kappa shape index (κ1) is 17.6. The van der Waals surface area contributed by atoms with Crippen molar-refractivity contribution in [2.45, 2.75) is 50.2 Å². The highest BCUT2D eigenvalue weighted by Gasteiger charge is 2.31. The minimum absolute atomic E-state index is 0.296. The van der Waals surface area contributed by atoms with Gasteiger partial charge >= 0.3 is 0 Å². The van der Waals surface area contributed by atoms with Crippen LogP contribution in [-0.2, 0) is 0 Å². The molecule has 1 aliphatic heterocycles. The molecule has 1 unspecified atom stereocenters. The zero-order valence-corrected chi connectivity index (χ0v) is 16.1. The van der Waals surface area contributed by atoms with E-state index in [0.29, 0.717) is 30.5 Å². The average Bonchev–Trinajstić information content (AvgIpc) is 3.31. The Morgan fingerprint density at radius 3 is 2.68 bits per heavy atom. The van der Waals surface area contributed by atoms with Gasteiger partial charge in [-0.15, -0.1) is 0 Å². The lowest BCUT2D eigenvalue weighted by molar-refractivity contribution is 0.229. The quantitative estimate of drug-likeness (QED) is 0.590. The summed E-state index contributed by atoms with van der Waals surface area (Å²) in [6.45, 7) is 9.45. The number of imidazole rings is 1. The number of benzene rings is 1. The summed E-state index contributed by atoms with van der Waals surface area (Å²) in [6.07, 6.45) is 5.22. The second kappa shape index (κ2) is 6.82. The van der Waals surface area contributed by atoms with E-state index >= 15 is 0 Å². The normalized spacial score (nSPS) is 26.1. The maximum atomic E-state index is 13.7. The molecule has 0 N–H and O–H groups in total. The molecule has 1 saturated heterocycles. The molecular formula is C22H24FN5. The Bertz CT molecular complexity index is 1070. The summed E-state index contributed by atoms with van der Waals surface area (Å²) >= 11 is 0. The van der Waals surface area contributed by atoms with Crippen LogP contribution in [0.1, 0.15) is 49.9 Å². The first-order chi connectivity index (χ1) is 13.6. The number of pyridine rings is 1. The predicted molar refractivity (Wildman–Crippen MR) is 109 cm³/mol. The second-order valence-electron chi connectivity index (χ2n) is 8.30. The lowest BCUT2D eigenvalue weighted by Crippen LogP contribution is -2.21. The van der Waals surface area contributed by atoms with Gasteiger partial charge < -0.3 is 9.47 Å². The number of nitrogens with zero attached hydrogens (tertiary/aromatic N) is 5. The van der Waals surface area contributed by atoms with Gasteiger partial charge in [0, 0.05) is 23.9 Å². The Morgan fingerprint density at radius 1 is 1.14 bits per heavy atom. The van der Waals surface area contributed by atoms with Crippen molar-refractivity contribution >= 4 is 27.6 Å². The van der Waals surface area contributed by atoms with Crippen molar-refractivity contribution < 1.29 is 4.39 Å². The number of likely N-dealkylation sites (tertiary alicyclic amines) is 1. The third-order valence-corrected chi connectivity index (χ3v) is 6.41. The summed E-state index contributed by atoms with van der Waals surface area (Å²) in [5, 5.41) is 0.999. The van der Waals surface area contributed by atoms with E-state index in [1.54, 1.807) is 0 Å². The van der Waals surface area contributed by atoms with Crippen molar-refractivity contribution in [3.8, 4) is 0 Å². The van der Waals surface area contributed by atoms with Crippen LogP contribution in [0.25, 0.3) is 26.8 Å². The summed E-state index contributed by atoms with van der Waals surface area (Å²) < 4.78 is 16.2. The molecule has 6 heteroatoms. The Morgan fingerprint density at radius 2 is 1.96 bits per heavy atom. The van der Waals surface area contributed by atoms with Crippen molar-refractivity contribution in [3.05, 3.63) is 41.6 Å². The van der Waals surface area contributed by atoms with Crippen molar-refractivity contribution in [1.82, 2.24) is 19.4 Å². The summed E-state index contributed by atoms with van der Waals surface area (Å²) in [5.74, 6) is 1.38. The van der Waals surface area contributed by atoms with E-state index in [0.717, 1.165) is 60.1 Å². The molecule has 2 aromatic heterocycles. The van der Waals surface area contributed by atoms with Gasteiger partial charge in [-0.1, -0.05) is 6.07 Å². The summed E-state index contributed by atoms with van der Waals surface area (Å²) in [7, 11) is 2.16. The highest BCUT2D eigenvalue weighted by molar-refractivity contribution is 6.03. The van der Waals surface area contributed by atoms with Crippen LogP contribution in [0.15, 0.2) is 24.4 Å². The molecule has 0 spiro atoms. The van der Waals surface area contributed by atoms with E-state index in [1.807, 2.05) is 24.4 Å². The van der Waals surface area contributed by atoms with E-state index < -0.39 is 6.17 Å². The van der Waals surface area contributed by atoms with Gasteiger partial charge in [0.2, 0.25) is 0 Å². The van der Waals surface area contributed by atoms with Gasteiger partial charge in [-0.25, -0.2) is 14.2 Å². The van der Waals surface area contributed by atoms with Crippen molar-refractivity contribution in [3.63, 3.8) is 0 Å². The smallest absolute Gasteiger partial charge is 0.188 e. The third kappa shape index (κ3) is 2.85. The lowest BCUT2D eigenvalue weighted by Gasteiger charge is -2.26. The van der Waals surface area contributed by atoms with Gasteiger partial charge in [0.05, 0.1) is 23.8 Å². The fraction of sp³-hybridized carbons (Fsp3) is 0.500. The van der Waals surface area contributed by atoms with Crippen LogP contribution >= 0.6 is 0 Å². The standard InChI is InChI=1S/C22H24FN5/c1-24-16-7-8-19-18(11-16)21-20(12-25-19)26-22(14-3-5-15(23)6-4-14)28(21)17-9-10-27(2)13-17/h7-8,11-12,14-15,17H,3-6,9-10,13H2,2H3. The molecular weight excluding hydrogens is 353 g/mol. The molecule has 144 valence electrons. The molecule has 0 radical (unpaired) electrons. The lowest BCUT2D eigenvalue weighted by atomic mass is 9.87. The van der Waals surface area contributed by atoms with E-state index in [4.69, 9.17) is 11.6 Å². The maximum absolute atomic E-state index is 13.7. The topological polar surface area (TPSA) is 38.3 Å². The molecule has 5 rings (SSSR count). The SMILES string of the molecule is [C-]#[N+]c1ccc2ncc3nc(C4CCC(F)CC4)n(C4CCN(C)C4)c3c2c1. The van der Waals surface area contributed by atoms with E-state index in [9.17, 15) is 4.39 Å². The van der Waals surface area contributed by atoms with Gasteiger partial charge in [0.25, 0.3) is 0 Å². The zero-order chi connectivity index (χ0) is 19.3. The van der Waals surface area contributed by atoms with Crippen LogP contribution in [0.4, 0.5) is 10.1 Å². The highest BCUT2D eigenvalue weighted by Crippen LogP contribution is 2.40. The molecule has 0 amide bonds. The third-order valence-electron chi connectivity index (χ3n) is 6.41. The highest BCUT2D eigenvalue weighted by atomic mass is 19.1. The monoisotopic (exact) mass is 377 g/mol. The van der Waals surface area contributed by atoms with Gasteiger partial charge in [0.1, 0.15) is 17.5 Å². The van der Waals surface area contributed by atoms with Gasteiger partial charge in [-0.3, -0.25) is 4.98 Å². The van der Waals surface area contributed by atoms with Crippen LogP contribution in [0.2, 0.25) is 0 Å². The molecule has 3 heterocycles. The summed E-state index contributed by atoms with van der Waals surface area (Å²) in [5.41, 5.74) is 3.50. The molecule has 1 atom stereocenters. The van der Waals surface area contributed by atoms with Crippen LogP contribution in [0, 0.1) is 6.57 Å². The number of rotatable bonds is 2. The number of aromatic nitrogens is 3. The van der Waals surface area contributed by atoms with Crippen LogP contribution in [0.3, 0.4) is 0 Å². The minimum Gasteiger partial charge on any atom is -0.323 e. The maximum Gasteiger partial charge on any atom is 0.188 e. The predicted octanol–water partition coefficient (Wildman–Crippen LogP) is 5.01. The van der Waals surface area contributed by atoms with Gasteiger partial charge in [-0.05, 0) is 57.8 Å². The minimum atomic E-state index is -0.671. The fourth-order valence-corrected chi connectivity index (χ4v) is 4.94. The number of alkyl halides is 1. The molecule has 28 heavy (non-hydrogen) atoms. The van der Waals surface area contributed by atoms with E-state index in [1.165, 1.54) is 0 Å². The van der Waals surface area contributed by atoms with Gasteiger partial charge in [0.15, 0.2) is 5.69 Å². The average molecular weight is 377 g/mol. The second-order valence-corrected chi connectivity index (χ2v) is 8.30. The molecule has 2 fully saturated rings. The largest absolute Gasteiger partial charge is 0.323 e. The van der Waals surface area contributed by atoms with Crippen molar-refractivity contribution in [2.75, 3.05) is 20.1 Å². The number of likely N-dealkylation sites (N-methyl/N-ethyl adjacent to an activating group) is 1. The zero-order valence-electron chi connectivity index (χ0n) is 16.1. The van der Waals surface area contributed by atoms with Crippen molar-refractivity contribution in [2.24, 2.45) is 0 Å². The Kier molecular flexibility index (Phi) is 4.28. The molecule has 1 aliphatic carbocycles. The molecule has 2 aliphatic rings. The van der Waals surface area contributed by atoms with Crippen LogP contribution in [-0.4, -0.2) is 45.7 Å². The Labute approximate surface area is 164 Å². The molecule has 3 aromatic rings. The van der Waals surface area contributed by atoms with E-state index in [2.05, 4.69) is 26.3 Å².